The number of fused-ring (bicyclic) bond motifs is 1. The molecular formula is C21H22FN5O3S. The van der Waals surface area contributed by atoms with Gasteiger partial charge in [0, 0.05) is 25.2 Å². The van der Waals surface area contributed by atoms with Crippen molar-refractivity contribution in [3.63, 3.8) is 0 Å². The number of sulfone groups is 1. The molecule has 3 heterocycles. The highest BCUT2D eigenvalue weighted by atomic mass is 32.2. The van der Waals surface area contributed by atoms with E-state index < -0.39 is 15.9 Å². The summed E-state index contributed by atoms with van der Waals surface area (Å²) in [5.74, 6) is -0.325. The smallest absolute Gasteiger partial charge is 0.322 e. The predicted molar refractivity (Wildman–Crippen MR) is 113 cm³/mol. The van der Waals surface area contributed by atoms with E-state index in [1.165, 1.54) is 30.6 Å². The second kappa shape index (κ2) is 8.10. The van der Waals surface area contributed by atoms with Crippen molar-refractivity contribution in [1.29, 1.82) is 0 Å². The minimum Gasteiger partial charge on any atom is -0.331 e. The molecule has 2 amide bonds. The van der Waals surface area contributed by atoms with E-state index in [4.69, 9.17) is 0 Å². The van der Waals surface area contributed by atoms with Crippen LogP contribution in [0.4, 0.5) is 14.9 Å². The monoisotopic (exact) mass is 443 g/mol. The number of amides is 2. The van der Waals surface area contributed by atoms with Gasteiger partial charge in [-0.05, 0) is 55.7 Å². The van der Waals surface area contributed by atoms with Gasteiger partial charge in [0.05, 0.1) is 34.2 Å². The number of carbonyl (C=O) groups excluding carboxylic acids is 1. The van der Waals surface area contributed by atoms with Crippen LogP contribution in [0.25, 0.3) is 5.69 Å². The summed E-state index contributed by atoms with van der Waals surface area (Å²) < 4.78 is 38.6. The lowest BCUT2D eigenvalue weighted by Crippen LogP contribution is -2.43. The molecule has 1 aromatic carbocycles. The number of anilines is 1. The van der Waals surface area contributed by atoms with Crippen LogP contribution < -0.4 is 10.2 Å². The van der Waals surface area contributed by atoms with Gasteiger partial charge in [-0.25, -0.2) is 22.3 Å². The summed E-state index contributed by atoms with van der Waals surface area (Å²) in [5, 5.41) is 7.31. The Hall–Kier alpha value is -3.27. The number of halogens is 1. The molecule has 8 nitrogen and oxygen atoms in total. The van der Waals surface area contributed by atoms with E-state index in [-0.39, 0.29) is 16.7 Å². The van der Waals surface area contributed by atoms with E-state index in [0.717, 1.165) is 30.5 Å². The normalized spacial score (nSPS) is 14.7. The second-order valence-electron chi connectivity index (χ2n) is 7.52. The largest absolute Gasteiger partial charge is 0.331 e. The molecule has 1 unspecified atom stereocenters. The van der Waals surface area contributed by atoms with Crippen LogP contribution in [0.1, 0.15) is 30.6 Å². The fourth-order valence-electron chi connectivity index (χ4n) is 3.59. The second-order valence-corrected chi connectivity index (χ2v) is 9.53. The third-order valence-corrected chi connectivity index (χ3v) is 6.33. The number of nitrogens with zero attached hydrogens (tertiary/aromatic N) is 4. The molecular weight excluding hydrogens is 421 g/mol. The molecule has 31 heavy (non-hydrogen) atoms. The van der Waals surface area contributed by atoms with E-state index >= 15 is 0 Å². The van der Waals surface area contributed by atoms with Gasteiger partial charge in [-0.1, -0.05) is 0 Å². The van der Waals surface area contributed by atoms with Gasteiger partial charge in [-0.3, -0.25) is 9.88 Å². The van der Waals surface area contributed by atoms with E-state index in [1.54, 1.807) is 34.8 Å². The first-order chi connectivity index (χ1) is 14.7. The Bertz CT molecular complexity index is 1220. The molecule has 1 atom stereocenters. The van der Waals surface area contributed by atoms with Crippen LogP contribution in [0.5, 0.6) is 0 Å². The summed E-state index contributed by atoms with van der Waals surface area (Å²) in [4.78, 5) is 18.7. The molecule has 1 N–H and O–H groups in total. The SMILES string of the molecule is CC(NC(=O)N1CCCc2c1cnn2-c1ccc(F)cc1)c1cncc(S(C)(=O)=O)c1. The number of aromatic nitrogens is 3. The maximum Gasteiger partial charge on any atom is 0.322 e. The lowest BCUT2D eigenvalue weighted by Gasteiger charge is -2.29. The van der Waals surface area contributed by atoms with Crippen LogP contribution in [0.2, 0.25) is 0 Å². The standard InChI is InChI=1S/C21H22FN5O3S/c1-14(15-10-18(12-23-11-15)31(2,29)30)25-21(28)26-9-3-4-19-20(26)13-24-27(19)17-7-5-16(22)6-8-17/h5-8,10-14H,3-4,9H2,1-2H3,(H,25,28). The van der Waals surface area contributed by atoms with E-state index in [1.807, 2.05) is 0 Å². The molecule has 2 aromatic heterocycles. The molecule has 0 aliphatic carbocycles. The van der Waals surface area contributed by atoms with Crippen LogP contribution in [0, 0.1) is 5.82 Å². The average Bonchev–Trinajstić information content (AvgIpc) is 3.18. The maximum absolute atomic E-state index is 13.3. The van der Waals surface area contributed by atoms with Gasteiger partial charge in [0.2, 0.25) is 0 Å². The van der Waals surface area contributed by atoms with E-state index in [2.05, 4.69) is 15.4 Å². The summed E-state index contributed by atoms with van der Waals surface area (Å²) in [6.45, 7) is 2.30. The minimum atomic E-state index is -3.39. The summed E-state index contributed by atoms with van der Waals surface area (Å²) >= 11 is 0. The third kappa shape index (κ3) is 4.29. The van der Waals surface area contributed by atoms with Gasteiger partial charge in [0.15, 0.2) is 9.84 Å². The number of nitrogens with one attached hydrogen (secondary N) is 1. The van der Waals surface area contributed by atoms with Crippen molar-refractivity contribution in [2.45, 2.75) is 30.7 Å². The number of carbonyl (C=O) groups is 1. The Morgan fingerprint density at radius 3 is 2.65 bits per heavy atom. The lowest BCUT2D eigenvalue weighted by atomic mass is 10.1. The Morgan fingerprint density at radius 2 is 1.94 bits per heavy atom. The molecule has 0 radical (unpaired) electrons. The molecule has 1 aliphatic heterocycles. The first-order valence-corrected chi connectivity index (χ1v) is 11.7. The number of pyridine rings is 1. The van der Waals surface area contributed by atoms with Gasteiger partial charge in [0.1, 0.15) is 5.82 Å². The number of urea groups is 1. The fourth-order valence-corrected chi connectivity index (χ4v) is 4.19. The number of hydrogen-bond donors (Lipinski definition) is 1. The number of benzene rings is 1. The van der Waals surface area contributed by atoms with Crippen molar-refractivity contribution >= 4 is 21.6 Å². The molecule has 0 spiro atoms. The van der Waals surface area contributed by atoms with Crippen LogP contribution >= 0.6 is 0 Å². The van der Waals surface area contributed by atoms with Crippen LogP contribution in [-0.4, -0.2) is 42.0 Å². The molecule has 0 saturated heterocycles. The Kier molecular flexibility index (Phi) is 5.48. The zero-order valence-electron chi connectivity index (χ0n) is 17.1. The highest BCUT2D eigenvalue weighted by Gasteiger charge is 2.27. The Morgan fingerprint density at radius 1 is 1.19 bits per heavy atom. The van der Waals surface area contributed by atoms with Crippen molar-refractivity contribution in [2.75, 3.05) is 17.7 Å². The number of rotatable bonds is 4. The molecule has 1 aliphatic rings. The van der Waals surface area contributed by atoms with E-state index in [9.17, 15) is 17.6 Å². The first kappa shape index (κ1) is 21.0. The zero-order valence-corrected chi connectivity index (χ0v) is 17.9. The van der Waals surface area contributed by atoms with Crippen molar-refractivity contribution < 1.29 is 17.6 Å². The third-order valence-electron chi connectivity index (χ3n) is 5.25. The first-order valence-electron chi connectivity index (χ1n) is 9.80. The summed E-state index contributed by atoms with van der Waals surface area (Å²) in [5.41, 5.74) is 2.89. The van der Waals surface area contributed by atoms with Crippen molar-refractivity contribution in [3.8, 4) is 5.69 Å². The van der Waals surface area contributed by atoms with Gasteiger partial charge < -0.3 is 5.32 Å². The summed E-state index contributed by atoms with van der Waals surface area (Å²) in [6, 6.07) is 6.79. The molecule has 10 heteroatoms. The summed E-state index contributed by atoms with van der Waals surface area (Å²) in [6.07, 6.45) is 7.07. The highest BCUT2D eigenvalue weighted by Crippen LogP contribution is 2.29. The molecule has 3 aromatic rings. The molecule has 0 bridgehead atoms. The van der Waals surface area contributed by atoms with E-state index in [0.29, 0.717) is 17.8 Å². The van der Waals surface area contributed by atoms with Gasteiger partial charge in [0.25, 0.3) is 0 Å². The summed E-state index contributed by atoms with van der Waals surface area (Å²) in [7, 11) is -3.39. The topological polar surface area (TPSA) is 97.2 Å². The fraction of sp³-hybridized carbons (Fsp3) is 0.286. The Balaban J connectivity index is 1.55. The van der Waals surface area contributed by atoms with Gasteiger partial charge in [-0.2, -0.15) is 5.10 Å². The maximum atomic E-state index is 13.3. The minimum absolute atomic E-state index is 0.104. The molecule has 0 fully saturated rings. The van der Waals surface area contributed by atoms with Crippen LogP contribution in [-0.2, 0) is 16.3 Å². The predicted octanol–water partition coefficient (Wildman–Crippen LogP) is 3.03. The van der Waals surface area contributed by atoms with Crippen molar-refractivity contribution in [1.82, 2.24) is 20.1 Å². The van der Waals surface area contributed by atoms with Gasteiger partial charge >= 0.3 is 6.03 Å². The lowest BCUT2D eigenvalue weighted by molar-refractivity contribution is 0.243. The quantitative estimate of drug-likeness (QED) is 0.669. The van der Waals surface area contributed by atoms with Crippen LogP contribution in [0.3, 0.4) is 0 Å². The number of hydrogen-bond acceptors (Lipinski definition) is 5. The van der Waals surface area contributed by atoms with Crippen molar-refractivity contribution in [3.05, 3.63) is 66.0 Å². The molecule has 4 rings (SSSR count). The van der Waals surface area contributed by atoms with Gasteiger partial charge in [-0.15, -0.1) is 0 Å². The zero-order chi connectivity index (χ0) is 22.2. The van der Waals surface area contributed by atoms with Crippen molar-refractivity contribution in [2.24, 2.45) is 0 Å². The highest BCUT2D eigenvalue weighted by molar-refractivity contribution is 7.90. The molecule has 0 saturated carbocycles. The average molecular weight is 444 g/mol. The van der Waals surface area contributed by atoms with Crippen LogP contribution in [0.15, 0.2) is 53.8 Å². The molecule has 162 valence electrons. The Labute approximate surface area is 179 Å².